The largest absolute Gasteiger partial charge is 0.497 e. The fourth-order valence-corrected chi connectivity index (χ4v) is 3.31. The highest BCUT2D eigenvalue weighted by atomic mass is 16.5. The lowest BCUT2D eigenvalue weighted by Gasteiger charge is -2.37. The second kappa shape index (κ2) is 8.23. The molecule has 1 heterocycles. The monoisotopic (exact) mass is 355 g/mol. The number of rotatable bonds is 5. The highest BCUT2D eigenvalue weighted by Gasteiger charge is 2.29. The van der Waals surface area contributed by atoms with Crippen molar-refractivity contribution in [2.45, 2.75) is 25.6 Å². The molecule has 2 unspecified atom stereocenters. The molecule has 1 saturated heterocycles. The molecule has 1 amide bonds. The van der Waals surface area contributed by atoms with Gasteiger partial charge in [0.15, 0.2) is 0 Å². The van der Waals surface area contributed by atoms with Gasteiger partial charge in [-0.15, -0.1) is 0 Å². The van der Waals surface area contributed by atoms with Crippen molar-refractivity contribution in [2.75, 3.05) is 27.3 Å². The molecule has 0 aliphatic carbocycles. The van der Waals surface area contributed by atoms with E-state index in [0.717, 1.165) is 6.42 Å². The fraction of sp³-hybridized carbons (Fsp3) is 0.381. The van der Waals surface area contributed by atoms with Gasteiger partial charge in [0, 0.05) is 31.1 Å². The first-order valence-electron chi connectivity index (χ1n) is 8.80. The summed E-state index contributed by atoms with van der Waals surface area (Å²) in [4.78, 5) is 14.9. The molecule has 0 radical (unpaired) electrons. The van der Waals surface area contributed by atoms with Crippen LogP contribution in [0.15, 0.2) is 48.5 Å². The summed E-state index contributed by atoms with van der Waals surface area (Å²) in [5, 5.41) is 0. The van der Waals surface area contributed by atoms with Gasteiger partial charge in [0.25, 0.3) is 5.91 Å². The number of amides is 1. The van der Waals surface area contributed by atoms with Crippen molar-refractivity contribution < 1.29 is 19.0 Å². The smallest absolute Gasteiger partial charge is 0.254 e. The molecular formula is C21H25NO4. The molecule has 0 bridgehead atoms. The zero-order chi connectivity index (χ0) is 18.5. The molecular weight excluding hydrogens is 330 g/mol. The van der Waals surface area contributed by atoms with Crippen LogP contribution < -0.4 is 9.47 Å². The van der Waals surface area contributed by atoms with Crippen molar-refractivity contribution >= 4 is 5.91 Å². The van der Waals surface area contributed by atoms with Gasteiger partial charge in [-0.25, -0.2) is 0 Å². The van der Waals surface area contributed by atoms with Crippen LogP contribution in [0.5, 0.6) is 11.5 Å². The van der Waals surface area contributed by atoms with Crippen molar-refractivity contribution in [3.05, 3.63) is 59.7 Å². The van der Waals surface area contributed by atoms with Gasteiger partial charge in [-0.2, -0.15) is 0 Å². The van der Waals surface area contributed by atoms with Crippen LogP contribution in [0.4, 0.5) is 0 Å². The average molecular weight is 355 g/mol. The van der Waals surface area contributed by atoms with Gasteiger partial charge in [-0.05, 0) is 24.6 Å². The number of morpholine rings is 1. The Bertz CT molecular complexity index is 725. The Hall–Kier alpha value is -2.53. The van der Waals surface area contributed by atoms with E-state index in [-0.39, 0.29) is 18.1 Å². The SMILES string of the molecule is COc1cc(OC)cc(C(=O)N2CC(C)OC(Cc3ccccc3)C2)c1. The van der Waals surface area contributed by atoms with Gasteiger partial charge >= 0.3 is 0 Å². The van der Waals surface area contributed by atoms with E-state index in [0.29, 0.717) is 30.2 Å². The lowest BCUT2D eigenvalue weighted by molar-refractivity contribution is -0.0664. The first-order valence-corrected chi connectivity index (χ1v) is 8.80. The van der Waals surface area contributed by atoms with Gasteiger partial charge < -0.3 is 19.1 Å². The standard InChI is InChI=1S/C21H25NO4/c1-15-13-22(14-20(26-15)9-16-7-5-4-6-8-16)21(23)17-10-18(24-2)12-19(11-17)25-3/h4-8,10-12,15,20H,9,13-14H2,1-3H3. The predicted octanol–water partition coefficient (Wildman–Crippen LogP) is 3.18. The Morgan fingerprint density at radius 2 is 1.73 bits per heavy atom. The maximum Gasteiger partial charge on any atom is 0.254 e. The zero-order valence-electron chi connectivity index (χ0n) is 15.5. The number of nitrogens with zero attached hydrogens (tertiary/aromatic N) is 1. The number of ether oxygens (including phenoxy) is 3. The molecule has 2 atom stereocenters. The highest BCUT2D eigenvalue weighted by molar-refractivity contribution is 5.95. The Morgan fingerprint density at radius 3 is 2.35 bits per heavy atom. The second-order valence-electron chi connectivity index (χ2n) is 6.57. The molecule has 0 saturated carbocycles. The van der Waals surface area contributed by atoms with Crippen molar-refractivity contribution in [3.63, 3.8) is 0 Å². The summed E-state index contributed by atoms with van der Waals surface area (Å²) in [6.45, 7) is 3.14. The number of hydrogen-bond acceptors (Lipinski definition) is 4. The van der Waals surface area contributed by atoms with Crippen LogP contribution in [0, 0.1) is 0 Å². The Labute approximate surface area is 154 Å². The number of carbonyl (C=O) groups excluding carboxylic acids is 1. The molecule has 138 valence electrons. The van der Waals surface area contributed by atoms with Crippen molar-refractivity contribution in [2.24, 2.45) is 0 Å². The molecule has 0 N–H and O–H groups in total. The normalized spacial score (nSPS) is 19.9. The molecule has 2 aromatic rings. The fourth-order valence-electron chi connectivity index (χ4n) is 3.31. The summed E-state index contributed by atoms with van der Waals surface area (Å²) in [6, 6.07) is 15.5. The molecule has 5 nitrogen and oxygen atoms in total. The second-order valence-corrected chi connectivity index (χ2v) is 6.57. The summed E-state index contributed by atoms with van der Waals surface area (Å²) in [7, 11) is 3.16. The van der Waals surface area contributed by atoms with E-state index in [1.807, 2.05) is 30.0 Å². The molecule has 1 aliphatic heterocycles. The third-order valence-corrected chi connectivity index (χ3v) is 4.52. The maximum absolute atomic E-state index is 13.0. The summed E-state index contributed by atoms with van der Waals surface area (Å²) in [5.74, 6) is 1.18. The van der Waals surface area contributed by atoms with Crippen LogP contribution >= 0.6 is 0 Å². The Balaban J connectivity index is 1.76. The third-order valence-electron chi connectivity index (χ3n) is 4.52. The summed E-state index contributed by atoms with van der Waals surface area (Å²) < 4.78 is 16.6. The molecule has 1 fully saturated rings. The quantitative estimate of drug-likeness (QED) is 0.827. The van der Waals surface area contributed by atoms with Crippen LogP contribution in [0.1, 0.15) is 22.8 Å². The van der Waals surface area contributed by atoms with E-state index >= 15 is 0 Å². The number of hydrogen-bond donors (Lipinski definition) is 0. The van der Waals surface area contributed by atoms with Crippen LogP contribution in [0.2, 0.25) is 0 Å². The van der Waals surface area contributed by atoms with Crippen LogP contribution in [-0.4, -0.2) is 50.3 Å². The van der Waals surface area contributed by atoms with E-state index in [4.69, 9.17) is 14.2 Å². The van der Waals surface area contributed by atoms with Crippen LogP contribution in [0.3, 0.4) is 0 Å². The molecule has 0 spiro atoms. The van der Waals surface area contributed by atoms with E-state index in [2.05, 4.69) is 12.1 Å². The lowest BCUT2D eigenvalue weighted by Crippen LogP contribution is -2.49. The predicted molar refractivity (Wildman–Crippen MR) is 99.9 cm³/mol. The first-order chi connectivity index (χ1) is 12.6. The van der Waals surface area contributed by atoms with Gasteiger partial charge in [-0.1, -0.05) is 30.3 Å². The Morgan fingerprint density at radius 1 is 1.08 bits per heavy atom. The Kier molecular flexibility index (Phi) is 5.78. The lowest BCUT2D eigenvalue weighted by atomic mass is 10.0. The van der Waals surface area contributed by atoms with Crippen molar-refractivity contribution in [1.29, 1.82) is 0 Å². The number of methoxy groups -OCH3 is 2. The molecule has 26 heavy (non-hydrogen) atoms. The minimum atomic E-state index is -0.0320. The molecule has 1 aliphatic rings. The van der Waals surface area contributed by atoms with E-state index in [1.54, 1.807) is 32.4 Å². The third kappa shape index (κ3) is 4.35. The zero-order valence-corrected chi connectivity index (χ0v) is 15.5. The molecule has 3 rings (SSSR count). The first kappa shape index (κ1) is 18.3. The van der Waals surface area contributed by atoms with Crippen LogP contribution in [0.25, 0.3) is 0 Å². The minimum Gasteiger partial charge on any atom is -0.497 e. The summed E-state index contributed by atoms with van der Waals surface area (Å²) >= 11 is 0. The van der Waals surface area contributed by atoms with Crippen molar-refractivity contribution in [3.8, 4) is 11.5 Å². The van der Waals surface area contributed by atoms with Crippen LogP contribution in [-0.2, 0) is 11.2 Å². The maximum atomic E-state index is 13.0. The van der Waals surface area contributed by atoms with Gasteiger partial charge in [0.2, 0.25) is 0 Å². The highest BCUT2D eigenvalue weighted by Crippen LogP contribution is 2.25. The number of benzene rings is 2. The van der Waals surface area contributed by atoms with E-state index in [9.17, 15) is 4.79 Å². The number of carbonyl (C=O) groups is 1. The molecule has 5 heteroatoms. The molecule has 0 aromatic heterocycles. The minimum absolute atomic E-state index is 0.00563. The van der Waals surface area contributed by atoms with E-state index in [1.165, 1.54) is 5.56 Å². The summed E-state index contributed by atoms with van der Waals surface area (Å²) in [6.07, 6.45) is 0.766. The average Bonchev–Trinajstić information content (AvgIpc) is 2.67. The topological polar surface area (TPSA) is 48.0 Å². The van der Waals surface area contributed by atoms with Gasteiger partial charge in [0.05, 0.1) is 26.4 Å². The summed E-state index contributed by atoms with van der Waals surface area (Å²) in [5.41, 5.74) is 1.77. The van der Waals surface area contributed by atoms with Crippen molar-refractivity contribution in [1.82, 2.24) is 4.90 Å². The van der Waals surface area contributed by atoms with Gasteiger partial charge in [0.1, 0.15) is 11.5 Å². The molecule has 2 aromatic carbocycles. The van der Waals surface area contributed by atoms with Gasteiger partial charge in [-0.3, -0.25) is 4.79 Å². The van der Waals surface area contributed by atoms with E-state index < -0.39 is 0 Å².